The van der Waals surface area contributed by atoms with Crippen LogP contribution in [0, 0.1) is 6.92 Å². The number of rotatable bonds is 46. The van der Waals surface area contributed by atoms with Gasteiger partial charge in [-0.25, -0.2) is 0 Å². The molecule has 0 aliphatic heterocycles. The van der Waals surface area contributed by atoms with E-state index < -0.39 is 61.8 Å². The summed E-state index contributed by atoms with van der Waals surface area (Å²) in [7, 11) is -6.78. The van der Waals surface area contributed by atoms with E-state index in [9.17, 15) is 15.3 Å². The van der Waals surface area contributed by atoms with Gasteiger partial charge in [-0.2, -0.15) is 0 Å². The van der Waals surface area contributed by atoms with Crippen molar-refractivity contribution in [1.29, 1.82) is 0 Å². The van der Waals surface area contributed by atoms with Crippen LogP contribution in [0.15, 0.2) is 36.4 Å². The summed E-state index contributed by atoms with van der Waals surface area (Å²) >= 11 is 0. The minimum absolute atomic E-state index is 0.00221. The zero-order valence-electron chi connectivity index (χ0n) is 52.2. The molecule has 0 saturated carbocycles. The van der Waals surface area contributed by atoms with Gasteiger partial charge in [0.15, 0.2) is 18.1 Å². The van der Waals surface area contributed by atoms with Crippen molar-refractivity contribution in [1.82, 2.24) is 16.0 Å². The molecule has 8 unspecified atom stereocenters. The summed E-state index contributed by atoms with van der Waals surface area (Å²) in [6, 6.07) is 15.9. The average Bonchev–Trinajstić information content (AvgIpc) is 3.39. The molecule has 2 aromatic carbocycles. The summed E-state index contributed by atoms with van der Waals surface area (Å²) in [5, 5.41) is 45.1. The zero-order chi connectivity index (χ0) is 59.5. The highest BCUT2D eigenvalue weighted by Gasteiger charge is 2.51. The molecule has 0 amide bonds. The van der Waals surface area contributed by atoms with E-state index in [1.54, 1.807) is 7.11 Å². The molecule has 79 heavy (non-hydrogen) atoms. The number of hydrogen-bond donors (Lipinski definition) is 9. The Morgan fingerprint density at radius 1 is 0.633 bits per heavy atom. The molecule has 2 rings (SSSR count). The van der Waals surface area contributed by atoms with Crippen molar-refractivity contribution in [3.63, 3.8) is 0 Å². The van der Waals surface area contributed by atoms with Crippen LogP contribution in [0.2, 0.25) is 64.0 Å². The van der Waals surface area contributed by atoms with Crippen LogP contribution in [0.5, 0.6) is 0 Å². The number of aliphatic hydroxyl groups is 3. The van der Waals surface area contributed by atoms with Gasteiger partial charge in [0.2, 0.25) is 0 Å². The van der Waals surface area contributed by atoms with Crippen molar-refractivity contribution in [2.24, 2.45) is 5.73 Å². The van der Waals surface area contributed by atoms with Crippen LogP contribution in [-0.2, 0) is 53.3 Å². The van der Waals surface area contributed by atoms with Gasteiger partial charge >= 0.3 is 17.4 Å². The lowest BCUT2D eigenvalue weighted by atomic mass is 9.97. The fourth-order valence-corrected chi connectivity index (χ4v) is 22.9. The number of benzene rings is 2. The van der Waals surface area contributed by atoms with Crippen molar-refractivity contribution in [3.05, 3.63) is 53.1 Å². The summed E-state index contributed by atoms with van der Waals surface area (Å²) in [5.41, 5.74) is 17.3. The number of nitrogens with two attached hydrogens (primary N) is 2. The van der Waals surface area contributed by atoms with Crippen LogP contribution in [0.3, 0.4) is 0 Å². The summed E-state index contributed by atoms with van der Waals surface area (Å²) < 4.78 is 55.4. The lowest BCUT2D eigenvalue weighted by Crippen LogP contribution is -2.66. The smallest absolute Gasteiger partial charge is 0.419 e. The third-order valence-corrected chi connectivity index (χ3v) is 27.9. The van der Waals surface area contributed by atoms with E-state index in [2.05, 4.69) is 87.8 Å². The van der Waals surface area contributed by atoms with Crippen LogP contribution >= 0.6 is 0 Å². The Hall–Kier alpha value is -1.52. The highest BCUT2D eigenvalue weighted by molar-refractivity contribution is 6.92. The first-order chi connectivity index (χ1) is 37.2. The molecule has 0 bridgehead atoms. The quantitative estimate of drug-likeness (QED) is 0.0221. The Kier molecular flexibility index (Phi) is 39.7. The molecule has 0 aromatic heterocycles. The molecule has 0 aliphatic carbocycles. The van der Waals surface area contributed by atoms with Crippen molar-refractivity contribution >= 4 is 60.1 Å². The first kappa shape index (κ1) is 75.5. The van der Waals surface area contributed by atoms with E-state index in [4.69, 9.17) is 51.9 Å². The zero-order valence-corrected chi connectivity index (χ0v) is 57.6. The van der Waals surface area contributed by atoms with Gasteiger partial charge < -0.3 is 88.5 Å². The Balaban J connectivity index is 0.00000119. The lowest BCUT2D eigenvalue weighted by Gasteiger charge is -2.41. The number of ether oxygens (including phenoxy) is 5. The van der Waals surface area contributed by atoms with Gasteiger partial charge in [0.1, 0.15) is 0 Å². The van der Waals surface area contributed by atoms with Crippen LogP contribution in [0.1, 0.15) is 77.5 Å². The van der Waals surface area contributed by atoms with Crippen LogP contribution in [0.4, 0.5) is 11.4 Å². The van der Waals surface area contributed by atoms with E-state index in [1.807, 2.05) is 71.2 Å². The van der Waals surface area contributed by atoms with Gasteiger partial charge in [0, 0.05) is 95.4 Å². The van der Waals surface area contributed by atoms with Crippen LogP contribution < -0.4 is 37.9 Å². The molecule has 0 saturated heterocycles. The number of likely N-dealkylation sites (N-methyl/N-ethyl adjacent to an activating group) is 1. The number of aryl methyl sites for hydroxylation is 2. The van der Waals surface area contributed by atoms with Crippen molar-refractivity contribution < 1.29 is 55.8 Å². The van der Waals surface area contributed by atoms with E-state index in [-0.39, 0.29) is 31.3 Å². The fourth-order valence-electron chi connectivity index (χ4n) is 8.10. The molecule has 0 aliphatic rings. The molecule has 11 N–H and O–H groups in total. The maximum atomic E-state index is 10.8. The van der Waals surface area contributed by atoms with Gasteiger partial charge in [-0.3, -0.25) is 0 Å². The van der Waals surface area contributed by atoms with Gasteiger partial charge in [-0.05, 0) is 129 Å². The summed E-state index contributed by atoms with van der Waals surface area (Å²) in [5.74, 6) is 0. The normalized spacial score (nSPS) is 16.0. The third kappa shape index (κ3) is 35.4. The van der Waals surface area contributed by atoms with Gasteiger partial charge in [-0.1, -0.05) is 75.9 Å². The molecule has 0 radical (unpaired) electrons. The second kappa shape index (κ2) is 41.5. The average molecular weight is 1210 g/mol. The first-order valence-corrected chi connectivity index (χ1v) is 42.3. The number of hydrogen-bond acceptors (Lipinski definition) is 18. The Morgan fingerprint density at radius 3 is 1.65 bits per heavy atom. The number of nitrogen functional groups attached to an aromatic ring is 1. The maximum Gasteiger partial charge on any atom is 0.506 e. The first-order valence-electron chi connectivity index (χ1n) is 29.3. The van der Waals surface area contributed by atoms with E-state index in [0.717, 1.165) is 78.5 Å². The van der Waals surface area contributed by atoms with Crippen molar-refractivity contribution in [2.75, 3.05) is 111 Å². The standard InChI is InChI=1S/C40H78N4O9Si4.C16H38N2O3Si/c1-11-34-24-35(12-2)40(33(5)39(34)42)44-26-37(46)30-49-21-17-23-55(7,8)52-57(53-56(9,10)47-6,38-18-14-13-15-19-38)51-54-22-16-20-48-29-36(45)25-43-32(4)28-50-27-31(3)41;1-14(17-3)11-21-12-15(2)18-10-16(19)13-20-8-7-9-22(4,5)6/h13-15,18-19,24,31-32,36-37,43-46H,11-12,16-17,20-23,25-30,41-42,54H2,1-10H3;14-19H,7-13H2,1-6H3. The summed E-state index contributed by atoms with van der Waals surface area (Å²) in [4.78, 5) is 0. The Bertz CT molecular complexity index is 1850. The van der Waals surface area contributed by atoms with Gasteiger partial charge in [0.25, 0.3) is 0 Å². The van der Waals surface area contributed by atoms with Crippen molar-refractivity contribution in [2.45, 2.75) is 187 Å². The predicted molar refractivity (Wildman–Crippen MR) is 339 cm³/mol. The number of anilines is 2. The molecule has 18 nitrogen and oxygen atoms in total. The third-order valence-electron chi connectivity index (χ3n) is 13.1. The molecule has 8 atom stereocenters. The summed E-state index contributed by atoms with van der Waals surface area (Å²) in [6.07, 6.45) is 2.75. The van der Waals surface area contributed by atoms with Crippen LogP contribution in [0.25, 0.3) is 0 Å². The van der Waals surface area contributed by atoms with Gasteiger partial charge in [-0.15, -0.1) is 0 Å². The number of nitrogens with one attached hydrogen (secondary N) is 4. The molecule has 0 heterocycles. The topological polar surface area (TPSA) is 244 Å². The maximum absolute atomic E-state index is 10.8. The minimum atomic E-state index is -3.38. The highest BCUT2D eigenvalue weighted by Crippen LogP contribution is 2.31. The lowest BCUT2D eigenvalue weighted by molar-refractivity contribution is 0.0328. The molecular formula is C56H116N6O12Si5. The molecular weight excluding hydrogens is 1090 g/mol. The predicted octanol–water partition coefficient (Wildman–Crippen LogP) is 5.64. The second-order valence-electron chi connectivity index (χ2n) is 23.6. The van der Waals surface area contributed by atoms with E-state index in [0.29, 0.717) is 71.9 Å². The monoisotopic (exact) mass is 1200 g/mol. The molecule has 462 valence electrons. The molecule has 0 fully saturated rings. The molecule has 2 aromatic rings. The highest BCUT2D eigenvalue weighted by atomic mass is 28.5. The van der Waals surface area contributed by atoms with Crippen molar-refractivity contribution in [3.8, 4) is 0 Å². The second-order valence-corrected chi connectivity index (χ2v) is 42.0. The van der Waals surface area contributed by atoms with Gasteiger partial charge in [0.05, 0.1) is 64.6 Å². The minimum Gasteiger partial charge on any atom is -0.419 e. The SMILES string of the molecule is CCc1cc(CC)c(NCC(O)COCCC[Si](C)(C)O[Si](O[SiH2]CCCOCC(O)CNC(C)COCC(C)N)(O[Si](C)(C)OC)c2ccccc2)c(C)c1N.CNC(C)COCC(C)NCC(O)COCCC[Si](C)(C)C. The summed E-state index contributed by atoms with van der Waals surface area (Å²) in [6.45, 7) is 36.3. The Morgan fingerprint density at radius 2 is 1.14 bits per heavy atom. The van der Waals surface area contributed by atoms with Crippen LogP contribution in [-0.4, -0.2) is 201 Å². The van der Waals surface area contributed by atoms with E-state index in [1.165, 1.54) is 11.6 Å². The molecule has 23 heteroatoms. The molecule has 0 spiro atoms. The Labute approximate surface area is 486 Å². The largest absolute Gasteiger partial charge is 0.506 e. The fraction of sp³-hybridized carbons (Fsp3) is 0.786. The number of aliphatic hydroxyl groups excluding tert-OH is 3. The van der Waals surface area contributed by atoms with E-state index >= 15 is 0 Å².